The summed E-state index contributed by atoms with van der Waals surface area (Å²) in [7, 11) is 0. The van der Waals surface area contributed by atoms with Crippen LogP contribution in [0.15, 0.2) is 18.6 Å². The number of nitrogens with one attached hydrogen (secondary N) is 1. The van der Waals surface area contributed by atoms with E-state index in [1.165, 1.54) is 12.8 Å². The Bertz CT molecular complexity index is 652. The molecule has 0 atom stereocenters. The summed E-state index contributed by atoms with van der Waals surface area (Å²) in [5.74, 6) is 1.75. The summed E-state index contributed by atoms with van der Waals surface area (Å²) >= 11 is 0. The molecule has 3 rings (SSSR count). The SMILES string of the molecule is CCCNc1cn2ccnc2c(N(CCC#N)C2CC2)n1. The van der Waals surface area contributed by atoms with E-state index in [2.05, 4.69) is 28.2 Å². The quantitative estimate of drug-likeness (QED) is 0.845. The zero-order chi connectivity index (χ0) is 14.7. The highest BCUT2D eigenvalue weighted by molar-refractivity contribution is 5.67. The lowest BCUT2D eigenvalue weighted by Gasteiger charge is -2.23. The molecule has 6 heteroatoms. The van der Waals surface area contributed by atoms with Gasteiger partial charge < -0.3 is 14.6 Å². The van der Waals surface area contributed by atoms with Crippen molar-refractivity contribution in [2.45, 2.75) is 38.6 Å². The second kappa shape index (κ2) is 6.00. The number of fused-ring (bicyclic) bond motifs is 1. The number of anilines is 2. The van der Waals surface area contributed by atoms with Gasteiger partial charge in [-0.1, -0.05) is 6.92 Å². The first-order valence-corrected chi connectivity index (χ1v) is 7.54. The van der Waals surface area contributed by atoms with Gasteiger partial charge in [-0.2, -0.15) is 5.26 Å². The van der Waals surface area contributed by atoms with Crippen molar-refractivity contribution in [1.29, 1.82) is 5.26 Å². The summed E-state index contributed by atoms with van der Waals surface area (Å²) in [4.78, 5) is 11.4. The summed E-state index contributed by atoms with van der Waals surface area (Å²) in [6, 6.07) is 2.74. The molecule has 1 fully saturated rings. The van der Waals surface area contributed by atoms with Crippen molar-refractivity contribution in [2.75, 3.05) is 23.3 Å². The average molecular weight is 284 g/mol. The third kappa shape index (κ3) is 2.92. The maximum Gasteiger partial charge on any atom is 0.180 e. The van der Waals surface area contributed by atoms with E-state index in [0.29, 0.717) is 19.0 Å². The molecule has 0 aliphatic heterocycles. The molecule has 1 saturated carbocycles. The van der Waals surface area contributed by atoms with Gasteiger partial charge in [0.25, 0.3) is 0 Å². The van der Waals surface area contributed by atoms with Gasteiger partial charge in [0.15, 0.2) is 11.5 Å². The van der Waals surface area contributed by atoms with E-state index in [1.54, 1.807) is 6.20 Å². The van der Waals surface area contributed by atoms with Gasteiger partial charge in [0.2, 0.25) is 0 Å². The zero-order valence-corrected chi connectivity index (χ0v) is 12.3. The van der Waals surface area contributed by atoms with E-state index in [0.717, 1.165) is 30.2 Å². The third-order valence-electron chi connectivity index (χ3n) is 3.64. The number of imidazole rings is 1. The fraction of sp³-hybridized carbons (Fsp3) is 0.533. The van der Waals surface area contributed by atoms with E-state index in [1.807, 2.05) is 16.8 Å². The molecule has 2 aromatic rings. The van der Waals surface area contributed by atoms with Crippen LogP contribution in [-0.2, 0) is 0 Å². The molecule has 110 valence electrons. The van der Waals surface area contributed by atoms with Crippen LogP contribution in [0, 0.1) is 11.3 Å². The van der Waals surface area contributed by atoms with E-state index in [9.17, 15) is 0 Å². The normalized spacial score (nSPS) is 14.1. The number of rotatable bonds is 7. The minimum absolute atomic E-state index is 0.507. The van der Waals surface area contributed by atoms with Crippen LogP contribution in [0.2, 0.25) is 0 Å². The second-order valence-corrected chi connectivity index (χ2v) is 5.37. The fourth-order valence-corrected chi connectivity index (χ4v) is 2.46. The van der Waals surface area contributed by atoms with Gasteiger partial charge in [-0.3, -0.25) is 0 Å². The molecule has 21 heavy (non-hydrogen) atoms. The average Bonchev–Trinajstić information content (AvgIpc) is 3.22. The van der Waals surface area contributed by atoms with Crippen molar-refractivity contribution in [3.8, 4) is 6.07 Å². The van der Waals surface area contributed by atoms with E-state index >= 15 is 0 Å². The molecular formula is C15H20N6. The van der Waals surface area contributed by atoms with Crippen LogP contribution in [-0.4, -0.2) is 33.5 Å². The summed E-state index contributed by atoms with van der Waals surface area (Å²) in [6.45, 7) is 3.75. The van der Waals surface area contributed by atoms with Crippen LogP contribution in [0.1, 0.15) is 32.6 Å². The molecule has 0 saturated heterocycles. The van der Waals surface area contributed by atoms with Crippen LogP contribution < -0.4 is 10.2 Å². The first-order valence-electron chi connectivity index (χ1n) is 7.54. The molecule has 0 aromatic carbocycles. The molecule has 0 amide bonds. The Morgan fingerprint density at radius 2 is 2.38 bits per heavy atom. The fourth-order valence-electron chi connectivity index (χ4n) is 2.46. The maximum atomic E-state index is 8.88. The van der Waals surface area contributed by atoms with Gasteiger partial charge in [0, 0.05) is 31.5 Å². The molecule has 2 aromatic heterocycles. The van der Waals surface area contributed by atoms with Gasteiger partial charge in [-0.25, -0.2) is 9.97 Å². The van der Waals surface area contributed by atoms with Crippen LogP contribution in [0.4, 0.5) is 11.6 Å². The number of aromatic nitrogens is 3. The van der Waals surface area contributed by atoms with Crippen LogP contribution in [0.25, 0.3) is 5.65 Å². The largest absolute Gasteiger partial charge is 0.369 e. The molecule has 0 bridgehead atoms. The summed E-state index contributed by atoms with van der Waals surface area (Å²) in [6.07, 6.45) is 9.61. The van der Waals surface area contributed by atoms with Crippen molar-refractivity contribution in [3.63, 3.8) is 0 Å². The van der Waals surface area contributed by atoms with Gasteiger partial charge in [0.05, 0.1) is 18.7 Å². The van der Waals surface area contributed by atoms with Crippen LogP contribution in [0.5, 0.6) is 0 Å². The van der Waals surface area contributed by atoms with Crippen LogP contribution >= 0.6 is 0 Å². The Kier molecular flexibility index (Phi) is 3.91. The Morgan fingerprint density at radius 3 is 3.10 bits per heavy atom. The summed E-state index contributed by atoms with van der Waals surface area (Å²) < 4.78 is 2.00. The number of nitriles is 1. The number of hydrogen-bond acceptors (Lipinski definition) is 5. The molecule has 2 heterocycles. The molecule has 1 N–H and O–H groups in total. The lowest BCUT2D eigenvalue weighted by molar-refractivity contribution is 0.776. The second-order valence-electron chi connectivity index (χ2n) is 5.37. The zero-order valence-electron chi connectivity index (χ0n) is 12.3. The van der Waals surface area contributed by atoms with Crippen molar-refractivity contribution >= 4 is 17.3 Å². The topological polar surface area (TPSA) is 69.2 Å². The lowest BCUT2D eigenvalue weighted by atomic mass is 10.3. The molecule has 0 spiro atoms. The minimum atomic E-state index is 0.507. The molecule has 1 aliphatic carbocycles. The number of nitrogens with zero attached hydrogens (tertiary/aromatic N) is 5. The molecule has 1 aliphatic rings. The van der Waals surface area contributed by atoms with E-state index in [4.69, 9.17) is 10.2 Å². The standard InChI is InChI=1S/C15H20N6/c1-2-7-17-13-11-20-10-8-18-14(20)15(19-13)21(9-3-6-16)12-4-5-12/h8,10-12,17H,2-5,7,9H2,1H3. The van der Waals surface area contributed by atoms with Crippen LogP contribution in [0.3, 0.4) is 0 Å². The number of hydrogen-bond donors (Lipinski definition) is 1. The lowest BCUT2D eigenvalue weighted by Crippen LogP contribution is -2.28. The van der Waals surface area contributed by atoms with Gasteiger partial charge in [0.1, 0.15) is 5.82 Å². The van der Waals surface area contributed by atoms with Gasteiger partial charge in [-0.05, 0) is 19.3 Å². The van der Waals surface area contributed by atoms with Gasteiger partial charge in [-0.15, -0.1) is 0 Å². The first-order chi connectivity index (χ1) is 10.3. The first kappa shape index (κ1) is 13.7. The summed E-state index contributed by atoms with van der Waals surface area (Å²) in [5.41, 5.74) is 0.863. The van der Waals surface area contributed by atoms with Crippen molar-refractivity contribution in [1.82, 2.24) is 14.4 Å². The Hall–Kier alpha value is -2.29. The van der Waals surface area contributed by atoms with E-state index < -0.39 is 0 Å². The predicted molar refractivity (Wildman–Crippen MR) is 82.4 cm³/mol. The Balaban J connectivity index is 1.97. The molecule has 0 radical (unpaired) electrons. The molecule has 6 nitrogen and oxygen atoms in total. The monoisotopic (exact) mass is 284 g/mol. The predicted octanol–water partition coefficient (Wildman–Crippen LogP) is 2.43. The van der Waals surface area contributed by atoms with E-state index in [-0.39, 0.29) is 0 Å². The third-order valence-corrected chi connectivity index (χ3v) is 3.64. The highest BCUT2D eigenvalue weighted by atomic mass is 15.3. The smallest absolute Gasteiger partial charge is 0.180 e. The minimum Gasteiger partial charge on any atom is -0.369 e. The van der Waals surface area contributed by atoms with Crippen molar-refractivity contribution in [3.05, 3.63) is 18.6 Å². The maximum absolute atomic E-state index is 8.88. The highest BCUT2D eigenvalue weighted by Crippen LogP contribution is 2.33. The summed E-state index contributed by atoms with van der Waals surface area (Å²) in [5, 5.41) is 12.2. The molecular weight excluding hydrogens is 264 g/mol. The highest BCUT2D eigenvalue weighted by Gasteiger charge is 2.31. The Morgan fingerprint density at radius 1 is 1.52 bits per heavy atom. The molecule has 0 unspecified atom stereocenters. The van der Waals surface area contributed by atoms with Gasteiger partial charge >= 0.3 is 0 Å². The Labute approximate surface area is 124 Å². The van der Waals surface area contributed by atoms with Crippen molar-refractivity contribution in [2.24, 2.45) is 0 Å². The van der Waals surface area contributed by atoms with Crippen molar-refractivity contribution < 1.29 is 0 Å².